The van der Waals surface area contributed by atoms with Crippen molar-refractivity contribution in [3.8, 4) is 6.07 Å². The fourth-order valence-electron chi connectivity index (χ4n) is 4.75. The smallest absolute Gasteiger partial charge is 0.0689 e. The zero-order valence-electron chi connectivity index (χ0n) is 15.7. The molecule has 2 heteroatoms. The van der Waals surface area contributed by atoms with E-state index in [0.29, 0.717) is 0 Å². The number of rotatable bonds is 8. The van der Waals surface area contributed by atoms with Gasteiger partial charge in [-0.3, -0.25) is 0 Å². The molecule has 0 amide bonds. The molecule has 132 valence electrons. The lowest BCUT2D eigenvalue weighted by Crippen LogP contribution is -2.44. The van der Waals surface area contributed by atoms with Gasteiger partial charge < -0.3 is 4.90 Å². The molecule has 2 nitrogen and oxygen atoms in total. The van der Waals surface area contributed by atoms with Gasteiger partial charge in [-0.2, -0.15) is 5.26 Å². The molecule has 0 bridgehead atoms. The average molecular weight is 319 g/mol. The lowest BCUT2D eigenvalue weighted by atomic mass is 9.70. The van der Waals surface area contributed by atoms with Crippen molar-refractivity contribution < 1.29 is 0 Å². The maximum atomic E-state index is 9.69. The molecule has 1 aliphatic heterocycles. The van der Waals surface area contributed by atoms with Crippen LogP contribution in [0.5, 0.6) is 0 Å². The van der Waals surface area contributed by atoms with Crippen LogP contribution in [-0.4, -0.2) is 24.0 Å². The van der Waals surface area contributed by atoms with Crippen molar-refractivity contribution in [2.75, 3.05) is 13.1 Å². The van der Waals surface area contributed by atoms with E-state index in [1.54, 1.807) is 0 Å². The highest BCUT2D eigenvalue weighted by atomic mass is 15.2. The second kappa shape index (κ2) is 9.67. The molecule has 0 atom stereocenters. The van der Waals surface area contributed by atoms with Crippen molar-refractivity contribution in [3.05, 3.63) is 0 Å². The second-order valence-electron chi connectivity index (χ2n) is 8.20. The molecule has 1 saturated heterocycles. The van der Waals surface area contributed by atoms with Crippen molar-refractivity contribution in [1.82, 2.24) is 4.90 Å². The van der Waals surface area contributed by atoms with Gasteiger partial charge in [-0.25, -0.2) is 0 Å². The molecule has 2 fully saturated rings. The van der Waals surface area contributed by atoms with Crippen molar-refractivity contribution >= 4 is 0 Å². The Morgan fingerprint density at radius 3 is 2.17 bits per heavy atom. The molecule has 0 radical (unpaired) electrons. The largest absolute Gasteiger partial charge is 0.300 e. The summed E-state index contributed by atoms with van der Waals surface area (Å²) in [6, 6.07) is 3.48. The average Bonchev–Trinajstić information content (AvgIpc) is 2.61. The Balaban J connectivity index is 1.73. The zero-order chi connectivity index (χ0) is 16.5. The van der Waals surface area contributed by atoms with Crippen molar-refractivity contribution in [3.63, 3.8) is 0 Å². The van der Waals surface area contributed by atoms with Gasteiger partial charge in [-0.1, -0.05) is 52.4 Å². The summed E-state index contributed by atoms with van der Waals surface area (Å²) in [4.78, 5) is 2.76. The fraction of sp³-hybridized carbons (Fsp3) is 0.952. The summed E-state index contributed by atoms with van der Waals surface area (Å²) in [6.45, 7) is 7.18. The Morgan fingerprint density at radius 2 is 1.61 bits per heavy atom. The lowest BCUT2D eigenvalue weighted by Gasteiger charge is -2.43. The van der Waals surface area contributed by atoms with E-state index in [1.165, 1.54) is 77.3 Å². The molecule has 1 saturated carbocycles. The summed E-state index contributed by atoms with van der Waals surface area (Å²) in [5.41, 5.74) is 0.0190. The van der Waals surface area contributed by atoms with Crippen LogP contribution >= 0.6 is 0 Å². The van der Waals surface area contributed by atoms with E-state index in [1.807, 2.05) is 0 Å². The van der Waals surface area contributed by atoms with E-state index in [9.17, 15) is 5.26 Å². The molecule has 2 aliphatic rings. The van der Waals surface area contributed by atoms with Gasteiger partial charge >= 0.3 is 0 Å². The van der Waals surface area contributed by atoms with Crippen LogP contribution in [0.25, 0.3) is 0 Å². The number of nitriles is 1. The minimum Gasteiger partial charge on any atom is -0.300 e. The standard InChI is InChI=1S/C21H38N2/c1-3-5-7-13-21(18-22)14-9-20(10-15-21)23-16-11-19(12-17-23)8-6-4-2/h19-20H,3-17H2,1-2H3/t20-,21-. The molecule has 0 unspecified atom stereocenters. The summed E-state index contributed by atoms with van der Waals surface area (Å²) in [5, 5.41) is 9.69. The first-order valence-electron chi connectivity index (χ1n) is 10.4. The second-order valence-corrected chi connectivity index (χ2v) is 8.20. The third-order valence-electron chi connectivity index (χ3n) is 6.54. The first-order chi connectivity index (χ1) is 11.2. The predicted molar refractivity (Wildman–Crippen MR) is 98.3 cm³/mol. The first-order valence-corrected chi connectivity index (χ1v) is 10.4. The van der Waals surface area contributed by atoms with E-state index >= 15 is 0 Å². The summed E-state index contributed by atoms with van der Waals surface area (Å²) < 4.78 is 0. The van der Waals surface area contributed by atoms with Crippen LogP contribution in [0.3, 0.4) is 0 Å². The van der Waals surface area contributed by atoms with Gasteiger partial charge in [0.2, 0.25) is 0 Å². The SMILES string of the molecule is CCCCC[C@]1(C#N)CC[C@H](N2CCC(CCCC)CC2)CC1. The number of hydrogen-bond acceptors (Lipinski definition) is 2. The number of nitrogens with zero attached hydrogens (tertiary/aromatic N) is 2. The van der Waals surface area contributed by atoms with E-state index in [-0.39, 0.29) is 5.41 Å². The maximum absolute atomic E-state index is 9.69. The van der Waals surface area contributed by atoms with Crippen LogP contribution in [0.1, 0.15) is 97.3 Å². The van der Waals surface area contributed by atoms with Gasteiger partial charge in [0.05, 0.1) is 11.5 Å². The molecule has 0 aromatic rings. The fourth-order valence-corrected chi connectivity index (χ4v) is 4.75. The predicted octanol–water partition coefficient (Wildman–Crippen LogP) is 5.92. The van der Waals surface area contributed by atoms with Crippen LogP contribution in [0.2, 0.25) is 0 Å². The van der Waals surface area contributed by atoms with Crippen LogP contribution in [-0.2, 0) is 0 Å². The third kappa shape index (κ3) is 5.49. The Morgan fingerprint density at radius 1 is 0.957 bits per heavy atom. The zero-order valence-corrected chi connectivity index (χ0v) is 15.7. The van der Waals surface area contributed by atoms with Crippen molar-refractivity contribution in [2.24, 2.45) is 11.3 Å². The Hall–Kier alpha value is -0.550. The molecule has 0 N–H and O–H groups in total. The van der Waals surface area contributed by atoms with Gasteiger partial charge in [0.1, 0.15) is 0 Å². The number of hydrogen-bond donors (Lipinski definition) is 0. The minimum absolute atomic E-state index is 0.0190. The number of likely N-dealkylation sites (tertiary alicyclic amines) is 1. The van der Waals surface area contributed by atoms with E-state index in [2.05, 4.69) is 24.8 Å². The molecular weight excluding hydrogens is 280 g/mol. The normalized spacial score (nSPS) is 30.2. The summed E-state index contributed by atoms with van der Waals surface area (Å²) >= 11 is 0. The van der Waals surface area contributed by atoms with Gasteiger partial charge in [0.25, 0.3) is 0 Å². The van der Waals surface area contributed by atoms with Crippen LogP contribution in [0.15, 0.2) is 0 Å². The number of piperidine rings is 1. The van der Waals surface area contributed by atoms with E-state index in [0.717, 1.165) is 31.2 Å². The summed E-state index contributed by atoms with van der Waals surface area (Å²) in [6.07, 6.45) is 16.8. The van der Waals surface area contributed by atoms with Gasteiger partial charge in [-0.05, 0) is 64.0 Å². The first kappa shape index (κ1) is 18.8. The molecule has 2 rings (SSSR count). The van der Waals surface area contributed by atoms with Gasteiger partial charge in [0, 0.05) is 6.04 Å². The van der Waals surface area contributed by atoms with E-state index < -0.39 is 0 Å². The quantitative estimate of drug-likeness (QED) is 0.519. The topological polar surface area (TPSA) is 27.0 Å². The minimum atomic E-state index is 0.0190. The molecule has 1 heterocycles. The van der Waals surface area contributed by atoms with Crippen LogP contribution in [0.4, 0.5) is 0 Å². The molecule has 23 heavy (non-hydrogen) atoms. The summed E-state index contributed by atoms with van der Waals surface area (Å²) in [7, 11) is 0. The monoisotopic (exact) mass is 318 g/mol. The van der Waals surface area contributed by atoms with Crippen molar-refractivity contribution in [2.45, 2.75) is 103 Å². The molecule has 0 aromatic heterocycles. The molecule has 0 spiro atoms. The number of unbranched alkanes of at least 4 members (excludes halogenated alkanes) is 3. The van der Waals surface area contributed by atoms with Crippen LogP contribution < -0.4 is 0 Å². The highest BCUT2D eigenvalue weighted by Crippen LogP contribution is 2.42. The van der Waals surface area contributed by atoms with E-state index in [4.69, 9.17) is 0 Å². The van der Waals surface area contributed by atoms with Crippen LogP contribution in [0, 0.1) is 22.7 Å². The summed E-state index contributed by atoms with van der Waals surface area (Å²) in [5.74, 6) is 0.988. The third-order valence-corrected chi connectivity index (χ3v) is 6.54. The molecule has 1 aliphatic carbocycles. The highest BCUT2D eigenvalue weighted by Gasteiger charge is 2.37. The van der Waals surface area contributed by atoms with Gasteiger partial charge in [-0.15, -0.1) is 0 Å². The lowest BCUT2D eigenvalue weighted by molar-refractivity contribution is 0.0755. The Kier molecular flexibility index (Phi) is 7.90. The maximum Gasteiger partial charge on any atom is 0.0689 e. The molecule has 0 aromatic carbocycles. The van der Waals surface area contributed by atoms with Gasteiger partial charge in [0.15, 0.2) is 0 Å². The molecular formula is C21H38N2. The van der Waals surface area contributed by atoms with Crippen molar-refractivity contribution in [1.29, 1.82) is 5.26 Å². The Bertz CT molecular complexity index is 355. The Labute approximate surface area is 144 Å². The highest BCUT2D eigenvalue weighted by molar-refractivity contribution is 5.03.